The molecule has 0 radical (unpaired) electrons. The monoisotopic (exact) mass is 1630 g/mol. The van der Waals surface area contributed by atoms with Crippen molar-refractivity contribution in [3.05, 3.63) is 290 Å². The molecule has 9 aromatic carbocycles. The molecule has 602 valence electrons. The Labute approximate surface area is 702 Å². The smallest absolute Gasteiger partial charge is 0.247 e. The number of nitrogen functional groups attached to an aromatic ring is 1. The summed E-state index contributed by atoms with van der Waals surface area (Å²) < 4.78 is 34.7. The third-order valence-corrected chi connectivity index (χ3v) is 26.3. The molecule has 25 rings (SSSR count). The van der Waals surface area contributed by atoms with Gasteiger partial charge in [-0.3, -0.25) is 20.0 Å². The molecule has 5 aliphatic carbocycles. The van der Waals surface area contributed by atoms with Gasteiger partial charge in [0.2, 0.25) is 5.56 Å². The fourth-order valence-electron chi connectivity index (χ4n) is 19.8. The zero-order valence-electron chi connectivity index (χ0n) is 66.9. The van der Waals surface area contributed by atoms with Gasteiger partial charge in [-0.15, -0.1) is 11.3 Å². The molecule has 0 bridgehead atoms. The fraction of sp³-hybridized carbons (Fsp3) is 0.196. The van der Waals surface area contributed by atoms with E-state index in [9.17, 15) is 28.9 Å². The summed E-state index contributed by atoms with van der Waals surface area (Å²) in [5, 5.41) is 57.4. The molecule has 17 nitrogen and oxygen atoms in total. The van der Waals surface area contributed by atoms with Crippen molar-refractivity contribution in [3.63, 3.8) is 0 Å². The molecule has 9 N–H and O–H groups in total. The van der Waals surface area contributed by atoms with Crippen LogP contribution >= 0.6 is 11.3 Å². The first-order chi connectivity index (χ1) is 59.9. The number of thiophene rings is 1. The van der Waals surface area contributed by atoms with Gasteiger partial charge in [0.25, 0.3) is 0 Å². The predicted octanol–water partition coefficient (Wildman–Crippen LogP) is 23.8. The minimum Gasteiger partial charge on any atom is -0.508 e. The van der Waals surface area contributed by atoms with Crippen LogP contribution in [-0.4, -0.2) is 70.6 Å². The van der Waals surface area contributed by atoms with Crippen molar-refractivity contribution in [2.75, 3.05) is 5.73 Å². The molecule has 0 spiro atoms. The Bertz CT molecular complexity index is 7140. The van der Waals surface area contributed by atoms with E-state index in [0.29, 0.717) is 17.0 Å². The minimum atomic E-state index is -0.975. The summed E-state index contributed by atoms with van der Waals surface area (Å²) in [6, 6.07) is 55.6. The number of furan rings is 1. The number of pyridine rings is 6. The number of nitrogens with zero attached hydrogens (tertiary/aromatic N) is 7. The van der Waals surface area contributed by atoms with E-state index in [1.54, 1.807) is 60.3 Å². The highest BCUT2D eigenvalue weighted by atomic mass is 32.1. The van der Waals surface area contributed by atoms with Gasteiger partial charge in [0.05, 0.1) is 85.7 Å². The van der Waals surface area contributed by atoms with E-state index in [1.807, 2.05) is 73.1 Å². The number of nitrogens with one attached hydrogen (secondary N) is 4. The van der Waals surface area contributed by atoms with Crippen LogP contribution in [0.5, 0.6) is 17.2 Å². The summed E-state index contributed by atoms with van der Waals surface area (Å²) >= 11 is 1.80. The molecule has 0 saturated carbocycles. The molecule has 0 amide bonds. The number of aromatic hydroxyl groups is 3. The Morgan fingerprint density at radius 3 is 1.32 bits per heavy atom. The van der Waals surface area contributed by atoms with Gasteiger partial charge >= 0.3 is 0 Å². The van der Waals surface area contributed by atoms with Crippen molar-refractivity contribution >= 4 is 125 Å². The van der Waals surface area contributed by atoms with Crippen LogP contribution in [0.25, 0.3) is 165 Å². The largest absolute Gasteiger partial charge is 0.508 e. The summed E-state index contributed by atoms with van der Waals surface area (Å²) in [5.41, 5.74) is 38.9. The van der Waals surface area contributed by atoms with Crippen molar-refractivity contribution in [2.45, 2.75) is 128 Å². The lowest BCUT2D eigenvalue weighted by atomic mass is 9.85. The number of rotatable bonds is 5. The van der Waals surface area contributed by atoms with Crippen molar-refractivity contribution in [2.24, 2.45) is 0 Å². The summed E-state index contributed by atoms with van der Waals surface area (Å²) in [7, 11) is 0. The molecule has 0 fully saturated rings. The molecule has 11 heterocycles. The third kappa shape index (κ3) is 13.7. The molecule has 5 aliphatic rings. The van der Waals surface area contributed by atoms with Crippen LogP contribution in [0.4, 0.5) is 14.5 Å². The van der Waals surface area contributed by atoms with E-state index in [2.05, 4.69) is 114 Å². The number of hydrogen-bond donors (Lipinski definition) is 8. The van der Waals surface area contributed by atoms with E-state index in [0.717, 1.165) is 211 Å². The highest BCUT2D eigenvalue weighted by Crippen LogP contribution is 2.46. The van der Waals surface area contributed by atoms with Crippen LogP contribution in [0.2, 0.25) is 0 Å². The zero-order valence-corrected chi connectivity index (χ0v) is 67.7. The Hall–Kier alpha value is -14.0. The number of H-pyrrole nitrogens is 4. The van der Waals surface area contributed by atoms with Crippen LogP contribution in [0.15, 0.2) is 222 Å². The molecule has 0 aliphatic heterocycles. The second kappa shape index (κ2) is 31.6. The Kier molecular flexibility index (Phi) is 19.6. The lowest BCUT2D eigenvalue weighted by molar-refractivity contribution is 0.396. The number of aryl methyl sites for hydroxylation is 5. The van der Waals surface area contributed by atoms with Gasteiger partial charge in [-0.2, -0.15) is 10.2 Å². The van der Waals surface area contributed by atoms with Crippen molar-refractivity contribution in [1.82, 2.24) is 55.3 Å². The molecule has 0 unspecified atom stereocenters. The van der Waals surface area contributed by atoms with Gasteiger partial charge in [0.1, 0.15) is 17.1 Å². The molecule has 11 aromatic heterocycles. The summed E-state index contributed by atoms with van der Waals surface area (Å²) in [6.07, 6.45) is 31.5. The number of hydrogen-bond acceptors (Lipinski definition) is 14. The number of halogens is 2. The van der Waals surface area contributed by atoms with E-state index < -0.39 is 17.4 Å². The number of aromatic amines is 4. The van der Waals surface area contributed by atoms with Crippen LogP contribution in [0.3, 0.4) is 0 Å². The minimum absolute atomic E-state index is 0.0713. The van der Waals surface area contributed by atoms with Crippen LogP contribution in [0, 0.1) is 11.6 Å². The SMILES string of the molecule is Nc1ccc(-c2nc3ccc4[nH]ncc4c3c3c2CCCC3)cc1.O=c1ccc(-c2[nH]c3ccc4nccc4c3c3c2CCCC3)c[nH]1.Oc1c(F)cc(-c2nc3ccc4[nH]ncc4c3c3c2CCCC3)cc1F.Oc1ccc(-c2nc3ccc4occc4c3c3c2CCCC3)cc1.Oc1ccc(-c2nc3ccc4sccc4c3c3c2CCCC3)cc1. The van der Waals surface area contributed by atoms with Crippen molar-refractivity contribution in [3.8, 4) is 73.5 Å². The van der Waals surface area contributed by atoms with Gasteiger partial charge in [-0.1, -0.05) is 12.1 Å². The first-order valence-corrected chi connectivity index (χ1v) is 43.2. The van der Waals surface area contributed by atoms with Crippen molar-refractivity contribution < 1.29 is 28.5 Å². The van der Waals surface area contributed by atoms with Gasteiger partial charge < -0.3 is 35.4 Å². The summed E-state index contributed by atoms with van der Waals surface area (Å²) in [4.78, 5) is 42.1. The second-order valence-electron chi connectivity index (χ2n) is 32.6. The van der Waals surface area contributed by atoms with E-state index in [1.165, 1.54) is 144 Å². The molecular formula is C102H84F2N12O5S. The first-order valence-electron chi connectivity index (χ1n) is 42.3. The number of phenolic OH excluding ortho intramolecular Hbond substituents is 3. The van der Waals surface area contributed by atoms with E-state index in [4.69, 9.17) is 30.1 Å². The van der Waals surface area contributed by atoms with E-state index in [-0.39, 0.29) is 11.3 Å². The number of fused-ring (bicyclic) bond motifs is 25. The Morgan fingerprint density at radius 2 is 0.811 bits per heavy atom. The number of nitrogens with two attached hydrogens (primary N) is 1. The molecular weight excluding hydrogens is 1540 g/mol. The molecule has 122 heavy (non-hydrogen) atoms. The van der Waals surface area contributed by atoms with Gasteiger partial charge in [-0.25, -0.2) is 28.7 Å². The summed E-state index contributed by atoms with van der Waals surface area (Å²) in [5.74, 6) is -2.32. The topological polar surface area (TPSA) is 270 Å². The quantitative estimate of drug-likeness (QED) is 0.0746. The van der Waals surface area contributed by atoms with Crippen LogP contribution < -0.4 is 11.3 Å². The molecule has 20 heteroatoms. The average molecular weight is 1630 g/mol. The molecule has 20 aromatic rings. The number of phenols is 3. The van der Waals surface area contributed by atoms with E-state index >= 15 is 0 Å². The number of aromatic nitrogens is 11. The van der Waals surface area contributed by atoms with Gasteiger partial charge in [-0.05, 0) is 347 Å². The van der Waals surface area contributed by atoms with Crippen molar-refractivity contribution in [1.29, 1.82) is 0 Å². The number of benzene rings is 9. The van der Waals surface area contributed by atoms with Crippen LogP contribution in [0.1, 0.15) is 120 Å². The van der Waals surface area contributed by atoms with Crippen LogP contribution in [-0.2, 0) is 64.2 Å². The maximum absolute atomic E-state index is 13.9. The standard InChI is InChI=1S/C21H17NO2.C21H17NOS.C20H15F2N3O.C20H18N4.C20H17N3O/c2*23-14-7-5-13(6-8-14)21-16-4-2-1-3-15(16)20-17-11-12-24-19(17)10-9-18(20)22-21;21-14-7-10(8-15(22)20(14)26)19-12-4-2-1-3-11(12)18-13-9-23-25-16(13)5-6-17(18)24-19;21-13-7-5-12(6-8-13)20-15-4-2-1-3-14(15)19-16-11-22-24-17(16)9-10-18(19)23-20;24-18-8-5-12(11-22-18)20-14-4-2-1-3-13(14)19-15-9-10-21-16(15)6-7-17(19)23-20/h2*5-12,23H,1-4H2;5-9,26H,1-4H2,(H,23,25);5-11H,1-4,21H2,(H,22,24);5-11,23H,1-4H2,(H,22,24). The highest BCUT2D eigenvalue weighted by Gasteiger charge is 2.28. The van der Waals surface area contributed by atoms with Gasteiger partial charge in [0.15, 0.2) is 17.4 Å². The maximum Gasteiger partial charge on any atom is 0.247 e. The zero-order chi connectivity index (χ0) is 82.2. The fourth-order valence-corrected chi connectivity index (χ4v) is 20.6. The normalized spacial score (nSPS) is 14.1. The lowest BCUT2D eigenvalue weighted by Crippen LogP contribution is -2.09. The second-order valence-corrected chi connectivity index (χ2v) is 33.6. The Balaban J connectivity index is 0.0000000939. The summed E-state index contributed by atoms with van der Waals surface area (Å²) in [6.45, 7) is 0. The maximum atomic E-state index is 13.9. The average Bonchev–Trinajstić information content (AvgIpc) is 1.30. The predicted molar refractivity (Wildman–Crippen MR) is 485 cm³/mol. The lowest BCUT2D eigenvalue weighted by Gasteiger charge is -2.22. The number of anilines is 1. The molecule has 0 saturated heterocycles. The van der Waals surface area contributed by atoms with Gasteiger partial charge in [0, 0.05) is 116 Å². The highest BCUT2D eigenvalue weighted by molar-refractivity contribution is 7.17. The molecule has 0 atom stereocenters. The Morgan fingerprint density at radius 1 is 0.385 bits per heavy atom. The third-order valence-electron chi connectivity index (χ3n) is 25.4. The first kappa shape index (κ1) is 75.5.